The Morgan fingerprint density at radius 2 is 1.75 bits per heavy atom. The van der Waals surface area contributed by atoms with Crippen LogP contribution in [0, 0.1) is 40.8 Å². The van der Waals surface area contributed by atoms with Crippen LogP contribution >= 0.6 is 0 Å². The van der Waals surface area contributed by atoms with Gasteiger partial charge in [0.25, 0.3) is 0 Å². The average molecular weight is 386 g/mol. The molecule has 28 heavy (non-hydrogen) atoms. The van der Waals surface area contributed by atoms with Crippen molar-refractivity contribution in [1.29, 1.82) is 5.26 Å². The molecule has 3 nitrogen and oxygen atoms in total. The quantitative estimate of drug-likeness (QED) is 0.420. The molecule has 2 fully saturated rings. The molecule has 0 radical (unpaired) electrons. The topological polar surface area (TPSA) is 50.1 Å². The molecular formula is C24H32FNO2. The maximum atomic E-state index is 13.7. The van der Waals surface area contributed by atoms with Gasteiger partial charge in [-0.25, -0.2) is 4.39 Å². The maximum Gasteiger partial charge on any atom is 0.314 e. The zero-order valence-corrected chi connectivity index (χ0v) is 17.0. The van der Waals surface area contributed by atoms with Gasteiger partial charge < -0.3 is 4.74 Å². The summed E-state index contributed by atoms with van der Waals surface area (Å²) in [6.07, 6.45) is 13.5. The van der Waals surface area contributed by atoms with Crippen LogP contribution < -0.4 is 4.74 Å². The smallest absolute Gasteiger partial charge is 0.314 e. The van der Waals surface area contributed by atoms with Crippen molar-refractivity contribution >= 4 is 5.97 Å². The van der Waals surface area contributed by atoms with Gasteiger partial charge in [-0.05, 0) is 68.4 Å². The van der Waals surface area contributed by atoms with E-state index in [-0.39, 0.29) is 23.2 Å². The molecule has 2 aliphatic carbocycles. The van der Waals surface area contributed by atoms with Crippen molar-refractivity contribution in [3.8, 4) is 11.8 Å². The van der Waals surface area contributed by atoms with Crippen LogP contribution in [0.15, 0.2) is 18.2 Å². The van der Waals surface area contributed by atoms with E-state index in [4.69, 9.17) is 10.00 Å². The van der Waals surface area contributed by atoms with E-state index in [1.807, 2.05) is 0 Å². The van der Waals surface area contributed by atoms with E-state index in [0.29, 0.717) is 0 Å². The SMILES string of the molecule is CCCCC1CCC(C2CCC(C(=O)Oc3ccc(C#N)c(F)c3)CC2)CC1. The highest BCUT2D eigenvalue weighted by Crippen LogP contribution is 2.42. The summed E-state index contributed by atoms with van der Waals surface area (Å²) in [6.45, 7) is 2.27. The molecule has 4 heteroatoms. The molecule has 0 spiro atoms. The molecule has 0 N–H and O–H groups in total. The zero-order chi connectivity index (χ0) is 19.9. The zero-order valence-electron chi connectivity index (χ0n) is 17.0. The van der Waals surface area contributed by atoms with Crippen LogP contribution in [-0.2, 0) is 4.79 Å². The molecular weight excluding hydrogens is 353 g/mol. The third kappa shape index (κ3) is 5.34. The van der Waals surface area contributed by atoms with Crippen LogP contribution in [0.5, 0.6) is 5.75 Å². The molecule has 3 rings (SSSR count). The first kappa shape index (κ1) is 20.8. The second-order valence-corrected chi connectivity index (χ2v) is 8.71. The number of hydrogen-bond acceptors (Lipinski definition) is 3. The fourth-order valence-electron chi connectivity index (χ4n) is 5.12. The molecule has 1 aromatic carbocycles. The lowest BCUT2D eigenvalue weighted by molar-refractivity contribution is -0.140. The van der Waals surface area contributed by atoms with Gasteiger partial charge in [0.15, 0.2) is 0 Å². The third-order valence-electron chi connectivity index (χ3n) is 6.91. The van der Waals surface area contributed by atoms with E-state index in [9.17, 15) is 9.18 Å². The molecule has 152 valence electrons. The van der Waals surface area contributed by atoms with Gasteiger partial charge in [0.1, 0.15) is 17.6 Å². The first-order chi connectivity index (χ1) is 13.6. The number of carbonyl (C=O) groups is 1. The van der Waals surface area contributed by atoms with E-state index < -0.39 is 5.82 Å². The van der Waals surface area contributed by atoms with Gasteiger partial charge in [0, 0.05) is 6.07 Å². The Morgan fingerprint density at radius 1 is 1.11 bits per heavy atom. The summed E-state index contributed by atoms with van der Waals surface area (Å²) in [5, 5.41) is 8.78. The maximum absolute atomic E-state index is 13.7. The van der Waals surface area contributed by atoms with E-state index in [2.05, 4.69) is 6.92 Å². The van der Waals surface area contributed by atoms with Crippen molar-refractivity contribution in [2.45, 2.75) is 77.6 Å². The Labute approximate surface area is 168 Å². The summed E-state index contributed by atoms with van der Waals surface area (Å²) in [5.74, 6) is 1.73. The molecule has 0 aromatic heterocycles. The van der Waals surface area contributed by atoms with Crippen molar-refractivity contribution in [3.63, 3.8) is 0 Å². The standard InChI is InChI=1S/C24H32FNO2/c1-2-3-4-17-5-7-18(8-6-17)19-9-11-20(12-10-19)24(27)28-22-14-13-21(16-26)23(25)15-22/h13-15,17-20H,2-12H2,1H3. The molecule has 0 atom stereocenters. The van der Waals surface area contributed by atoms with Gasteiger partial charge in [0.05, 0.1) is 11.5 Å². The summed E-state index contributed by atoms with van der Waals surface area (Å²) in [4.78, 5) is 12.4. The predicted octanol–water partition coefficient (Wildman–Crippen LogP) is 6.41. The largest absolute Gasteiger partial charge is 0.426 e. The highest BCUT2D eigenvalue weighted by atomic mass is 19.1. The van der Waals surface area contributed by atoms with Crippen LogP contribution in [0.2, 0.25) is 0 Å². The van der Waals surface area contributed by atoms with Gasteiger partial charge >= 0.3 is 5.97 Å². The number of hydrogen-bond donors (Lipinski definition) is 0. The molecule has 0 amide bonds. The van der Waals surface area contributed by atoms with Crippen LogP contribution in [0.4, 0.5) is 4.39 Å². The fourth-order valence-corrected chi connectivity index (χ4v) is 5.12. The lowest BCUT2D eigenvalue weighted by Crippen LogP contribution is -2.30. The van der Waals surface area contributed by atoms with Crippen LogP contribution in [0.25, 0.3) is 0 Å². The van der Waals surface area contributed by atoms with Crippen LogP contribution in [0.3, 0.4) is 0 Å². The van der Waals surface area contributed by atoms with Crippen molar-refractivity contribution < 1.29 is 13.9 Å². The average Bonchev–Trinajstić information content (AvgIpc) is 2.73. The van der Waals surface area contributed by atoms with E-state index in [0.717, 1.165) is 49.5 Å². The van der Waals surface area contributed by atoms with Gasteiger partial charge in [-0.3, -0.25) is 4.79 Å². The van der Waals surface area contributed by atoms with Crippen molar-refractivity contribution in [1.82, 2.24) is 0 Å². The molecule has 0 aliphatic heterocycles. The van der Waals surface area contributed by atoms with Crippen LogP contribution in [-0.4, -0.2) is 5.97 Å². The Balaban J connectivity index is 1.43. The number of esters is 1. The van der Waals surface area contributed by atoms with Gasteiger partial charge in [-0.15, -0.1) is 0 Å². The number of nitriles is 1. The lowest BCUT2D eigenvalue weighted by Gasteiger charge is -2.37. The Morgan fingerprint density at radius 3 is 2.32 bits per heavy atom. The van der Waals surface area contributed by atoms with Gasteiger partial charge in [-0.1, -0.05) is 39.0 Å². The Hall–Kier alpha value is -1.89. The van der Waals surface area contributed by atoms with E-state index in [1.165, 1.54) is 57.1 Å². The minimum Gasteiger partial charge on any atom is -0.426 e. The molecule has 2 saturated carbocycles. The summed E-state index contributed by atoms with van der Waals surface area (Å²) >= 11 is 0. The lowest BCUT2D eigenvalue weighted by atomic mass is 9.68. The number of benzene rings is 1. The van der Waals surface area contributed by atoms with Gasteiger partial charge in [0.2, 0.25) is 0 Å². The monoisotopic (exact) mass is 385 g/mol. The molecule has 0 unspecified atom stereocenters. The van der Waals surface area contributed by atoms with Crippen molar-refractivity contribution in [2.24, 2.45) is 23.7 Å². The number of ether oxygens (including phenoxy) is 1. The Kier molecular flexibility index (Phi) is 7.48. The Bertz CT molecular complexity index is 695. The van der Waals surface area contributed by atoms with Crippen LogP contribution in [0.1, 0.15) is 83.1 Å². The second kappa shape index (κ2) is 10.0. The van der Waals surface area contributed by atoms with Gasteiger partial charge in [-0.2, -0.15) is 5.26 Å². The van der Waals surface area contributed by atoms with E-state index in [1.54, 1.807) is 6.07 Å². The first-order valence-electron chi connectivity index (χ1n) is 11.0. The minimum atomic E-state index is -0.647. The number of halogens is 1. The first-order valence-corrected chi connectivity index (χ1v) is 11.0. The normalized spacial score (nSPS) is 27.8. The summed E-state index contributed by atoms with van der Waals surface area (Å²) in [5.41, 5.74) is -0.0373. The van der Waals surface area contributed by atoms with Crippen molar-refractivity contribution in [2.75, 3.05) is 0 Å². The number of unbranched alkanes of at least 4 members (excludes halogenated alkanes) is 1. The second-order valence-electron chi connectivity index (χ2n) is 8.71. The number of rotatable bonds is 6. The highest BCUT2D eigenvalue weighted by Gasteiger charge is 2.33. The minimum absolute atomic E-state index is 0.0373. The molecule has 0 bridgehead atoms. The molecule has 0 heterocycles. The molecule has 0 saturated heterocycles. The highest BCUT2D eigenvalue weighted by molar-refractivity contribution is 5.75. The number of nitrogens with zero attached hydrogens (tertiary/aromatic N) is 1. The number of carbonyl (C=O) groups excluding carboxylic acids is 1. The predicted molar refractivity (Wildman–Crippen MR) is 107 cm³/mol. The summed E-state index contributed by atoms with van der Waals surface area (Å²) in [6, 6.07) is 5.74. The molecule has 1 aromatic rings. The fraction of sp³-hybridized carbons (Fsp3) is 0.667. The third-order valence-corrected chi connectivity index (χ3v) is 6.91. The summed E-state index contributed by atoms with van der Waals surface area (Å²) < 4.78 is 19.1. The van der Waals surface area contributed by atoms with Crippen molar-refractivity contribution in [3.05, 3.63) is 29.6 Å². The molecule has 2 aliphatic rings. The van der Waals surface area contributed by atoms with E-state index >= 15 is 0 Å². The summed E-state index contributed by atoms with van der Waals surface area (Å²) in [7, 11) is 0.